The Morgan fingerprint density at radius 1 is 0.826 bits per heavy atom. The highest BCUT2D eigenvalue weighted by atomic mass is 15.1. The summed E-state index contributed by atoms with van der Waals surface area (Å²) in [6.45, 7) is 0. The topological polar surface area (TPSA) is 37.3 Å². The quantitative estimate of drug-likeness (QED) is 0.740. The number of anilines is 1. The van der Waals surface area contributed by atoms with Gasteiger partial charge in [-0.2, -0.15) is 0 Å². The molecule has 3 nitrogen and oxygen atoms in total. The van der Waals surface area contributed by atoms with Gasteiger partial charge in [0.25, 0.3) is 0 Å². The van der Waals surface area contributed by atoms with Crippen molar-refractivity contribution >= 4 is 17.2 Å². The van der Waals surface area contributed by atoms with E-state index >= 15 is 0 Å². The van der Waals surface area contributed by atoms with Crippen LogP contribution in [0.2, 0.25) is 0 Å². The molecule has 0 amide bonds. The zero-order valence-corrected chi connectivity index (χ0v) is 12.7. The molecule has 4 rings (SSSR count). The normalized spacial score (nSPS) is 16.7. The van der Waals surface area contributed by atoms with Crippen LogP contribution in [0.25, 0.3) is 0 Å². The molecule has 1 atom stereocenters. The second-order valence-corrected chi connectivity index (χ2v) is 5.61. The van der Waals surface area contributed by atoms with Crippen LogP contribution >= 0.6 is 0 Å². The van der Waals surface area contributed by atoms with Gasteiger partial charge < -0.3 is 5.32 Å². The Balaban J connectivity index is 1.81. The second kappa shape index (κ2) is 6.05. The van der Waals surface area contributed by atoms with Gasteiger partial charge in [0.2, 0.25) is 0 Å². The van der Waals surface area contributed by atoms with Crippen LogP contribution in [-0.4, -0.2) is 10.7 Å². The fourth-order valence-electron chi connectivity index (χ4n) is 2.90. The average Bonchev–Trinajstić information content (AvgIpc) is 2.83. The summed E-state index contributed by atoms with van der Waals surface area (Å²) in [5, 5.41) is 3.55. The number of nitrogens with one attached hydrogen (secondary N) is 1. The van der Waals surface area contributed by atoms with Crippen LogP contribution in [-0.2, 0) is 0 Å². The van der Waals surface area contributed by atoms with Gasteiger partial charge in [0.1, 0.15) is 5.69 Å². The Kier molecular flexibility index (Phi) is 3.60. The summed E-state index contributed by atoms with van der Waals surface area (Å²) < 4.78 is 0. The van der Waals surface area contributed by atoms with E-state index in [1.54, 1.807) is 6.20 Å². The van der Waals surface area contributed by atoms with Crippen LogP contribution in [0, 0.1) is 0 Å². The molecule has 3 aromatic rings. The smallest absolute Gasteiger partial charge is 0.152 e. The van der Waals surface area contributed by atoms with Gasteiger partial charge in [-0.05, 0) is 23.3 Å². The summed E-state index contributed by atoms with van der Waals surface area (Å²) in [6.07, 6.45) is 2.63. The lowest BCUT2D eigenvalue weighted by atomic mass is 9.97. The first-order valence-corrected chi connectivity index (χ1v) is 7.79. The van der Waals surface area contributed by atoms with Gasteiger partial charge in [0.05, 0.1) is 11.8 Å². The van der Waals surface area contributed by atoms with E-state index in [0.717, 1.165) is 29.2 Å². The predicted octanol–water partition coefficient (Wildman–Crippen LogP) is 4.76. The minimum Gasteiger partial charge on any atom is -0.361 e. The van der Waals surface area contributed by atoms with Crippen molar-refractivity contribution in [2.75, 3.05) is 5.32 Å². The number of nitrogens with zero attached hydrogens (tertiary/aromatic N) is 2. The summed E-state index contributed by atoms with van der Waals surface area (Å²) in [5.74, 6) is 0.840. The van der Waals surface area contributed by atoms with E-state index in [9.17, 15) is 0 Å². The Bertz CT molecular complexity index is 826. The first-order chi connectivity index (χ1) is 11.4. The molecule has 0 spiro atoms. The van der Waals surface area contributed by atoms with E-state index in [0.29, 0.717) is 0 Å². The van der Waals surface area contributed by atoms with Gasteiger partial charge in [0.15, 0.2) is 5.82 Å². The lowest BCUT2D eigenvalue weighted by Gasteiger charge is -2.18. The van der Waals surface area contributed by atoms with Gasteiger partial charge in [-0.1, -0.05) is 60.7 Å². The molecule has 0 saturated carbocycles. The predicted molar refractivity (Wildman–Crippen MR) is 94.3 cm³/mol. The number of hydrogen-bond acceptors (Lipinski definition) is 3. The molecule has 0 aliphatic carbocycles. The minimum absolute atomic E-state index is 0.159. The summed E-state index contributed by atoms with van der Waals surface area (Å²) >= 11 is 0. The molecule has 0 bridgehead atoms. The van der Waals surface area contributed by atoms with Crippen molar-refractivity contribution in [3.63, 3.8) is 0 Å². The van der Waals surface area contributed by atoms with Crippen LogP contribution in [0.15, 0.2) is 84.0 Å². The molecule has 1 N–H and O–H groups in total. The fraction of sp³-hybridized carbons (Fsp3) is 0.100. The number of pyridine rings is 1. The van der Waals surface area contributed by atoms with Crippen LogP contribution in [0.3, 0.4) is 0 Å². The van der Waals surface area contributed by atoms with Crippen molar-refractivity contribution in [1.29, 1.82) is 0 Å². The van der Waals surface area contributed by atoms with Gasteiger partial charge >= 0.3 is 0 Å². The largest absolute Gasteiger partial charge is 0.361 e. The molecule has 1 aliphatic rings. The van der Waals surface area contributed by atoms with E-state index < -0.39 is 0 Å². The molecule has 0 saturated heterocycles. The third-order valence-corrected chi connectivity index (χ3v) is 4.06. The highest BCUT2D eigenvalue weighted by Gasteiger charge is 2.21. The molecule has 1 aliphatic heterocycles. The zero-order chi connectivity index (χ0) is 15.5. The van der Waals surface area contributed by atoms with E-state index in [1.807, 2.05) is 24.3 Å². The summed E-state index contributed by atoms with van der Waals surface area (Å²) in [6, 6.07) is 24.9. The van der Waals surface area contributed by atoms with E-state index in [2.05, 4.69) is 58.8 Å². The SMILES string of the molecule is c1ccc(C2=Nc3cccnc3N[C@H](c3ccccc3)C2)cc1. The maximum Gasteiger partial charge on any atom is 0.152 e. The average molecular weight is 299 g/mol. The first-order valence-electron chi connectivity index (χ1n) is 7.79. The van der Waals surface area contributed by atoms with Gasteiger partial charge in [-0.25, -0.2) is 9.98 Å². The molecule has 23 heavy (non-hydrogen) atoms. The number of aliphatic imine (C=N–C) groups is 1. The van der Waals surface area contributed by atoms with Crippen molar-refractivity contribution in [2.45, 2.75) is 12.5 Å². The monoisotopic (exact) mass is 299 g/mol. The van der Waals surface area contributed by atoms with Crippen molar-refractivity contribution in [3.8, 4) is 0 Å². The maximum atomic E-state index is 4.88. The number of benzene rings is 2. The molecule has 0 radical (unpaired) electrons. The van der Waals surface area contributed by atoms with E-state index in [1.165, 1.54) is 5.56 Å². The van der Waals surface area contributed by atoms with Crippen LogP contribution in [0.5, 0.6) is 0 Å². The molecule has 2 aromatic carbocycles. The highest BCUT2D eigenvalue weighted by Crippen LogP contribution is 2.33. The van der Waals surface area contributed by atoms with E-state index in [4.69, 9.17) is 4.99 Å². The number of rotatable bonds is 2. The zero-order valence-electron chi connectivity index (χ0n) is 12.7. The second-order valence-electron chi connectivity index (χ2n) is 5.61. The third kappa shape index (κ3) is 2.86. The molecule has 3 heteroatoms. The van der Waals surface area contributed by atoms with Crippen molar-refractivity contribution in [1.82, 2.24) is 4.98 Å². The molecule has 0 fully saturated rings. The van der Waals surface area contributed by atoms with Crippen LogP contribution < -0.4 is 5.32 Å². The van der Waals surface area contributed by atoms with Crippen molar-refractivity contribution in [2.24, 2.45) is 4.99 Å². The van der Waals surface area contributed by atoms with Crippen LogP contribution in [0.1, 0.15) is 23.6 Å². The molecule has 112 valence electrons. The number of aromatic nitrogens is 1. The Morgan fingerprint density at radius 3 is 2.35 bits per heavy atom. The summed E-state index contributed by atoms with van der Waals surface area (Å²) in [4.78, 5) is 9.34. The molecular formula is C20H17N3. The Morgan fingerprint density at radius 2 is 1.57 bits per heavy atom. The Hall–Kier alpha value is -2.94. The van der Waals surface area contributed by atoms with Crippen molar-refractivity contribution in [3.05, 3.63) is 90.1 Å². The number of fused-ring (bicyclic) bond motifs is 1. The van der Waals surface area contributed by atoms with Crippen LogP contribution in [0.4, 0.5) is 11.5 Å². The molecular weight excluding hydrogens is 282 g/mol. The van der Waals surface area contributed by atoms with Gasteiger partial charge in [0, 0.05) is 12.6 Å². The molecule has 0 unspecified atom stereocenters. The molecule has 2 heterocycles. The summed E-state index contributed by atoms with van der Waals surface area (Å²) in [5.41, 5.74) is 4.38. The van der Waals surface area contributed by atoms with Crippen molar-refractivity contribution < 1.29 is 0 Å². The maximum absolute atomic E-state index is 4.88. The minimum atomic E-state index is 0.159. The Labute approximate surface area is 135 Å². The lowest BCUT2D eigenvalue weighted by Crippen LogP contribution is -2.14. The third-order valence-electron chi connectivity index (χ3n) is 4.06. The van der Waals surface area contributed by atoms with E-state index in [-0.39, 0.29) is 6.04 Å². The van der Waals surface area contributed by atoms with Gasteiger partial charge in [-0.15, -0.1) is 0 Å². The number of hydrogen-bond donors (Lipinski definition) is 1. The highest BCUT2D eigenvalue weighted by molar-refractivity contribution is 6.03. The summed E-state index contributed by atoms with van der Waals surface area (Å²) in [7, 11) is 0. The first kappa shape index (κ1) is 13.7. The standard InChI is InChI=1S/C20H17N3/c1-3-8-15(9-4-1)18-14-19(16-10-5-2-6-11-16)23-20-17(22-18)12-7-13-21-20/h1-13,19H,14H2,(H,21,23)/t19-/m0/s1. The van der Waals surface area contributed by atoms with Gasteiger partial charge in [-0.3, -0.25) is 0 Å². The fourth-order valence-corrected chi connectivity index (χ4v) is 2.90. The lowest BCUT2D eigenvalue weighted by molar-refractivity contribution is 0.822. The molecule has 1 aromatic heterocycles.